The van der Waals surface area contributed by atoms with Gasteiger partial charge in [-0.05, 0) is 34.9 Å². The Labute approximate surface area is 96.5 Å². The number of likely N-dealkylation sites (N-methyl/N-ethyl adjacent to an activating group) is 1. The minimum absolute atomic E-state index is 0.111. The van der Waals surface area contributed by atoms with Gasteiger partial charge in [-0.3, -0.25) is 4.90 Å². The Morgan fingerprint density at radius 1 is 1.47 bits per heavy atom. The van der Waals surface area contributed by atoms with E-state index in [1.165, 1.54) is 5.56 Å². The summed E-state index contributed by atoms with van der Waals surface area (Å²) in [7, 11) is 2.07. The fourth-order valence-electron chi connectivity index (χ4n) is 1.86. The molecule has 0 bridgehead atoms. The molecule has 0 aliphatic carbocycles. The van der Waals surface area contributed by atoms with E-state index in [9.17, 15) is 5.11 Å². The van der Waals surface area contributed by atoms with E-state index in [0.717, 1.165) is 6.54 Å². The number of thiophene rings is 1. The van der Waals surface area contributed by atoms with Crippen molar-refractivity contribution >= 4 is 11.3 Å². The number of rotatable bonds is 4. The zero-order chi connectivity index (χ0) is 11.5. The lowest BCUT2D eigenvalue weighted by Crippen LogP contribution is -2.43. The fraction of sp³-hybridized carbons (Fsp3) is 0.667. The zero-order valence-electron chi connectivity index (χ0n) is 10.0. The van der Waals surface area contributed by atoms with E-state index in [0.29, 0.717) is 0 Å². The first-order valence-electron chi connectivity index (χ1n) is 5.27. The van der Waals surface area contributed by atoms with E-state index in [1.54, 1.807) is 11.3 Å². The van der Waals surface area contributed by atoms with Gasteiger partial charge in [0.15, 0.2) is 0 Å². The van der Waals surface area contributed by atoms with Crippen LogP contribution in [0.4, 0.5) is 0 Å². The molecule has 3 heteroatoms. The van der Waals surface area contributed by atoms with Crippen LogP contribution in [0.25, 0.3) is 0 Å². The van der Waals surface area contributed by atoms with E-state index in [1.807, 2.05) is 0 Å². The Morgan fingerprint density at radius 2 is 2.13 bits per heavy atom. The van der Waals surface area contributed by atoms with Crippen LogP contribution in [-0.4, -0.2) is 29.7 Å². The molecule has 1 rings (SSSR count). The van der Waals surface area contributed by atoms with Gasteiger partial charge in [0, 0.05) is 12.6 Å². The molecule has 2 nitrogen and oxygen atoms in total. The van der Waals surface area contributed by atoms with Crippen LogP contribution in [-0.2, 0) is 6.54 Å². The largest absolute Gasteiger partial charge is 0.395 e. The molecular weight excluding hydrogens is 206 g/mol. The lowest BCUT2D eigenvalue weighted by molar-refractivity contribution is 0.0615. The van der Waals surface area contributed by atoms with Crippen LogP contribution in [0.1, 0.15) is 26.3 Å². The molecule has 0 radical (unpaired) electrons. The molecule has 1 aromatic heterocycles. The van der Waals surface area contributed by atoms with Crippen molar-refractivity contribution in [1.29, 1.82) is 0 Å². The van der Waals surface area contributed by atoms with Crippen molar-refractivity contribution < 1.29 is 5.11 Å². The van der Waals surface area contributed by atoms with Crippen molar-refractivity contribution in [2.24, 2.45) is 5.41 Å². The van der Waals surface area contributed by atoms with Gasteiger partial charge < -0.3 is 5.11 Å². The molecule has 0 aliphatic heterocycles. The average molecular weight is 227 g/mol. The minimum Gasteiger partial charge on any atom is -0.395 e. The smallest absolute Gasteiger partial charge is 0.0591 e. The highest BCUT2D eigenvalue weighted by Gasteiger charge is 2.27. The van der Waals surface area contributed by atoms with Crippen LogP contribution >= 0.6 is 11.3 Å². The third kappa shape index (κ3) is 3.59. The van der Waals surface area contributed by atoms with Crippen LogP contribution in [0, 0.1) is 5.41 Å². The number of aliphatic hydroxyl groups is 1. The Bertz CT molecular complexity index is 276. The molecule has 0 spiro atoms. The lowest BCUT2D eigenvalue weighted by atomic mass is 9.86. The highest BCUT2D eigenvalue weighted by atomic mass is 32.1. The molecular formula is C12H21NOS. The topological polar surface area (TPSA) is 23.5 Å². The van der Waals surface area contributed by atoms with Gasteiger partial charge >= 0.3 is 0 Å². The molecule has 0 saturated heterocycles. The third-order valence-electron chi connectivity index (χ3n) is 2.72. The monoisotopic (exact) mass is 227 g/mol. The van der Waals surface area contributed by atoms with Gasteiger partial charge in [0.25, 0.3) is 0 Å². The van der Waals surface area contributed by atoms with Crippen molar-refractivity contribution in [1.82, 2.24) is 4.90 Å². The molecule has 0 aromatic carbocycles. The molecule has 15 heavy (non-hydrogen) atoms. The number of hydrogen-bond donors (Lipinski definition) is 1. The van der Waals surface area contributed by atoms with Crippen molar-refractivity contribution in [3.05, 3.63) is 22.4 Å². The molecule has 1 atom stereocenters. The predicted molar refractivity (Wildman–Crippen MR) is 66.1 cm³/mol. The quantitative estimate of drug-likeness (QED) is 0.854. The molecule has 0 saturated carbocycles. The molecule has 1 heterocycles. The number of nitrogens with zero attached hydrogens (tertiary/aromatic N) is 1. The SMILES string of the molecule is CN(Cc1ccsc1)C(CO)C(C)(C)C. The Balaban J connectivity index is 2.62. The van der Waals surface area contributed by atoms with Crippen LogP contribution in [0.2, 0.25) is 0 Å². The molecule has 1 N–H and O–H groups in total. The molecule has 0 aliphatic rings. The normalized spacial score (nSPS) is 14.5. The maximum Gasteiger partial charge on any atom is 0.0591 e. The summed E-state index contributed by atoms with van der Waals surface area (Å²) in [5.74, 6) is 0. The maximum atomic E-state index is 9.42. The Kier molecular flexibility index (Phi) is 4.32. The van der Waals surface area contributed by atoms with Gasteiger partial charge in [0.2, 0.25) is 0 Å². The summed E-state index contributed by atoms with van der Waals surface area (Å²) in [6.07, 6.45) is 0. The summed E-state index contributed by atoms with van der Waals surface area (Å²) in [5.41, 5.74) is 1.43. The first-order valence-corrected chi connectivity index (χ1v) is 6.21. The van der Waals surface area contributed by atoms with Gasteiger partial charge in [0.05, 0.1) is 6.61 Å². The molecule has 1 aromatic rings. The Hall–Kier alpha value is -0.380. The van der Waals surface area contributed by atoms with Crippen LogP contribution in [0.5, 0.6) is 0 Å². The molecule has 0 fully saturated rings. The minimum atomic E-state index is 0.111. The van der Waals surface area contributed by atoms with Crippen molar-refractivity contribution in [3.63, 3.8) is 0 Å². The maximum absolute atomic E-state index is 9.42. The molecule has 86 valence electrons. The highest BCUT2D eigenvalue weighted by molar-refractivity contribution is 7.07. The second-order valence-electron chi connectivity index (χ2n) is 5.11. The summed E-state index contributed by atoms with van der Waals surface area (Å²) in [4.78, 5) is 2.22. The first-order chi connectivity index (χ1) is 6.95. The number of aliphatic hydroxyl groups excluding tert-OH is 1. The van der Waals surface area contributed by atoms with Crippen LogP contribution in [0.3, 0.4) is 0 Å². The molecule has 1 unspecified atom stereocenters. The van der Waals surface area contributed by atoms with Gasteiger partial charge in [0.1, 0.15) is 0 Å². The van der Waals surface area contributed by atoms with E-state index < -0.39 is 0 Å². The standard InChI is InChI=1S/C12H21NOS/c1-12(2,3)11(8-14)13(4)7-10-5-6-15-9-10/h5-6,9,11,14H,7-8H2,1-4H3. The second-order valence-corrected chi connectivity index (χ2v) is 5.89. The fourth-order valence-corrected chi connectivity index (χ4v) is 2.52. The summed E-state index contributed by atoms with van der Waals surface area (Å²) in [6.45, 7) is 7.62. The predicted octanol–water partition coefficient (Wildman–Crippen LogP) is 2.59. The van der Waals surface area contributed by atoms with Gasteiger partial charge in [-0.15, -0.1) is 0 Å². The third-order valence-corrected chi connectivity index (χ3v) is 3.45. The van der Waals surface area contributed by atoms with Gasteiger partial charge in [-0.25, -0.2) is 0 Å². The number of hydrogen-bond acceptors (Lipinski definition) is 3. The summed E-state index contributed by atoms with van der Waals surface area (Å²) >= 11 is 1.72. The van der Waals surface area contributed by atoms with Crippen LogP contribution in [0.15, 0.2) is 16.8 Å². The second kappa shape index (κ2) is 5.10. The first kappa shape index (κ1) is 12.7. The zero-order valence-corrected chi connectivity index (χ0v) is 10.8. The molecule has 0 amide bonds. The van der Waals surface area contributed by atoms with Crippen molar-refractivity contribution in [2.75, 3.05) is 13.7 Å². The lowest BCUT2D eigenvalue weighted by Gasteiger charge is -2.36. The summed E-state index contributed by atoms with van der Waals surface area (Å²) in [5, 5.41) is 13.7. The van der Waals surface area contributed by atoms with Crippen LogP contribution < -0.4 is 0 Å². The van der Waals surface area contributed by atoms with E-state index in [4.69, 9.17) is 0 Å². The summed E-state index contributed by atoms with van der Waals surface area (Å²) in [6, 6.07) is 2.34. The van der Waals surface area contributed by atoms with Crippen molar-refractivity contribution in [3.8, 4) is 0 Å². The van der Waals surface area contributed by atoms with E-state index in [-0.39, 0.29) is 18.1 Å². The van der Waals surface area contributed by atoms with E-state index in [2.05, 4.69) is 49.5 Å². The average Bonchev–Trinajstić information content (AvgIpc) is 2.54. The Morgan fingerprint density at radius 3 is 2.53 bits per heavy atom. The van der Waals surface area contributed by atoms with Gasteiger partial charge in [-0.1, -0.05) is 20.8 Å². The van der Waals surface area contributed by atoms with E-state index >= 15 is 0 Å². The summed E-state index contributed by atoms with van der Waals surface area (Å²) < 4.78 is 0. The van der Waals surface area contributed by atoms with Gasteiger partial charge in [-0.2, -0.15) is 11.3 Å². The highest BCUT2D eigenvalue weighted by Crippen LogP contribution is 2.24. The van der Waals surface area contributed by atoms with Crippen molar-refractivity contribution in [2.45, 2.75) is 33.4 Å².